The van der Waals surface area contributed by atoms with Gasteiger partial charge in [-0.05, 0) is 48.1 Å². The molecule has 2 rings (SSSR count). The van der Waals surface area contributed by atoms with Crippen molar-refractivity contribution in [3.05, 3.63) is 70.3 Å². The van der Waals surface area contributed by atoms with Crippen molar-refractivity contribution in [3.8, 4) is 0 Å². The van der Waals surface area contributed by atoms with Gasteiger partial charge in [0.15, 0.2) is 0 Å². The minimum atomic E-state index is 0.0488. The molecule has 0 amide bonds. The first-order valence-corrected chi connectivity index (χ1v) is 6.78. The fourth-order valence-electron chi connectivity index (χ4n) is 2.62. The van der Waals surface area contributed by atoms with Gasteiger partial charge in [-0.2, -0.15) is 0 Å². The van der Waals surface area contributed by atoms with Crippen LogP contribution in [0.4, 0.5) is 0 Å². The van der Waals surface area contributed by atoms with E-state index in [-0.39, 0.29) is 6.04 Å². The molecule has 0 saturated carbocycles. The average molecular weight is 254 g/mol. The van der Waals surface area contributed by atoms with Gasteiger partial charge in [0, 0.05) is 0 Å². The number of hydrazine groups is 1. The van der Waals surface area contributed by atoms with Crippen LogP contribution in [0.15, 0.2) is 42.5 Å². The van der Waals surface area contributed by atoms with Gasteiger partial charge in [0.05, 0.1) is 6.04 Å². The maximum Gasteiger partial charge on any atom is 0.0715 e. The van der Waals surface area contributed by atoms with Crippen LogP contribution in [0.3, 0.4) is 0 Å². The molecule has 2 heteroatoms. The number of benzene rings is 2. The number of aryl methyl sites for hydroxylation is 3. The summed E-state index contributed by atoms with van der Waals surface area (Å²) < 4.78 is 0. The Morgan fingerprint density at radius 2 is 1.68 bits per heavy atom. The van der Waals surface area contributed by atoms with Crippen molar-refractivity contribution in [1.29, 1.82) is 0 Å². The van der Waals surface area contributed by atoms with E-state index in [1.54, 1.807) is 0 Å². The highest BCUT2D eigenvalue weighted by atomic mass is 15.2. The van der Waals surface area contributed by atoms with Gasteiger partial charge < -0.3 is 0 Å². The van der Waals surface area contributed by atoms with Crippen LogP contribution >= 0.6 is 0 Å². The molecule has 0 aliphatic rings. The van der Waals surface area contributed by atoms with Crippen molar-refractivity contribution in [2.45, 2.75) is 33.2 Å². The normalized spacial score (nSPS) is 12.4. The van der Waals surface area contributed by atoms with Crippen molar-refractivity contribution in [3.63, 3.8) is 0 Å². The standard InChI is InChI=1S/C17H22N2/c1-4-14-9-6-10-15(11-14)17(19-18)16-12(2)7-5-8-13(16)3/h5-11,17,19H,4,18H2,1-3H3. The first-order valence-electron chi connectivity index (χ1n) is 6.78. The summed E-state index contributed by atoms with van der Waals surface area (Å²) in [5.41, 5.74) is 9.34. The van der Waals surface area contributed by atoms with Gasteiger partial charge >= 0.3 is 0 Å². The third-order valence-corrected chi connectivity index (χ3v) is 3.69. The lowest BCUT2D eigenvalue weighted by Gasteiger charge is -2.22. The summed E-state index contributed by atoms with van der Waals surface area (Å²) in [6.45, 7) is 6.44. The van der Waals surface area contributed by atoms with Gasteiger partial charge in [0.25, 0.3) is 0 Å². The highest BCUT2D eigenvalue weighted by Gasteiger charge is 2.16. The van der Waals surface area contributed by atoms with E-state index in [0.717, 1.165) is 6.42 Å². The SMILES string of the molecule is CCc1cccc(C(NN)c2c(C)cccc2C)c1. The van der Waals surface area contributed by atoms with E-state index in [1.807, 2.05) is 0 Å². The monoisotopic (exact) mass is 254 g/mol. The van der Waals surface area contributed by atoms with Crippen LogP contribution in [0.2, 0.25) is 0 Å². The van der Waals surface area contributed by atoms with Gasteiger partial charge in [-0.1, -0.05) is 49.4 Å². The predicted molar refractivity (Wildman–Crippen MR) is 80.9 cm³/mol. The number of nitrogens with one attached hydrogen (secondary N) is 1. The lowest BCUT2D eigenvalue weighted by Crippen LogP contribution is -2.30. The molecule has 0 saturated heterocycles. The average Bonchev–Trinajstić information content (AvgIpc) is 2.43. The molecule has 3 N–H and O–H groups in total. The fraction of sp³-hybridized carbons (Fsp3) is 0.294. The zero-order valence-corrected chi connectivity index (χ0v) is 11.9. The topological polar surface area (TPSA) is 38.0 Å². The van der Waals surface area contributed by atoms with E-state index in [2.05, 4.69) is 68.7 Å². The molecule has 2 aromatic carbocycles. The van der Waals surface area contributed by atoms with E-state index >= 15 is 0 Å². The first-order chi connectivity index (χ1) is 9.17. The maximum absolute atomic E-state index is 5.82. The van der Waals surface area contributed by atoms with Crippen LogP contribution in [0.1, 0.15) is 40.8 Å². The van der Waals surface area contributed by atoms with Gasteiger partial charge in [-0.15, -0.1) is 0 Å². The molecule has 2 aromatic rings. The van der Waals surface area contributed by atoms with Crippen LogP contribution < -0.4 is 11.3 Å². The molecular formula is C17H22N2. The lowest BCUT2D eigenvalue weighted by atomic mass is 9.91. The summed E-state index contributed by atoms with van der Waals surface area (Å²) in [6, 6.07) is 15.0. The van der Waals surface area contributed by atoms with Crippen molar-refractivity contribution >= 4 is 0 Å². The molecule has 0 fully saturated rings. The lowest BCUT2D eigenvalue weighted by molar-refractivity contribution is 0.630. The molecule has 100 valence electrons. The smallest absolute Gasteiger partial charge is 0.0715 e. The molecule has 0 aromatic heterocycles. The summed E-state index contributed by atoms with van der Waals surface area (Å²) in [5.74, 6) is 5.82. The Hall–Kier alpha value is -1.64. The van der Waals surface area contributed by atoms with E-state index in [0.29, 0.717) is 0 Å². The second kappa shape index (κ2) is 6.00. The second-order valence-electron chi connectivity index (χ2n) is 5.00. The molecule has 1 atom stereocenters. The zero-order valence-electron chi connectivity index (χ0n) is 11.9. The largest absolute Gasteiger partial charge is 0.271 e. The maximum atomic E-state index is 5.82. The van der Waals surface area contributed by atoms with Crippen LogP contribution in [-0.4, -0.2) is 0 Å². The van der Waals surface area contributed by atoms with Crippen molar-refractivity contribution in [2.24, 2.45) is 5.84 Å². The Morgan fingerprint density at radius 1 is 1.05 bits per heavy atom. The zero-order chi connectivity index (χ0) is 13.8. The highest BCUT2D eigenvalue weighted by molar-refractivity contribution is 5.42. The molecule has 0 radical (unpaired) electrons. The first kappa shape index (κ1) is 13.8. The van der Waals surface area contributed by atoms with Gasteiger partial charge in [0.1, 0.15) is 0 Å². The molecule has 0 bridgehead atoms. The van der Waals surface area contributed by atoms with Crippen LogP contribution in [0.25, 0.3) is 0 Å². The Balaban J connectivity index is 2.50. The molecule has 0 aliphatic heterocycles. The Bertz CT molecular complexity index is 541. The summed E-state index contributed by atoms with van der Waals surface area (Å²) in [5, 5.41) is 0. The van der Waals surface area contributed by atoms with E-state index in [9.17, 15) is 0 Å². The Labute approximate surface area is 115 Å². The van der Waals surface area contributed by atoms with Crippen molar-refractivity contribution in [2.75, 3.05) is 0 Å². The predicted octanol–water partition coefficient (Wildman–Crippen LogP) is 3.42. The third-order valence-electron chi connectivity index (χ3n) is 3.69. The number of nitrogens with two attached hydrogens (primary N) is 1. The van der Waals surface area contributed by atoms with E-state index in [1.165, 1.54) is 27.8 Å². The minimum Gasteiger partial charge on any atom is -0.271 e. The molecule has 0 aliphatic carbocycles. The van der Waals surface area contributed by atoms with Crippen LogP contribution in [0, 0.1) is 13.8 Å². The summed E-state index contributed by atoms with van der Waals surface area (Å²) in [4.78, 5) is 0. The quantitative estimate of drug-likeness (QED) is 0.648. The molecular weight excluding hydrogens is 232 g/mol. The fourth-order valence-corrected chi connectivity index (χ4v) is 2.62. The number of hydrogen-bond donors (Lipinski definition) is 2. The van der Waals surface area contributed by atoms with Crippen LogP contribution in [0.5, 0.6) is 0 Å². The molecule has 19 heavy (non-hydrogen) atoms. The second-order valence-corrected chi connectivity index (χ2v) is 5.00. The highest BCUT2D eigenvalue weighted by Crippen LogP contribution is 2.27. The summed E-state index contributed by atoms with van der Waals surface area (Å²) in [7, 11) is 0. The van der Waals surface area contributed by atoms with Crippen LogP contribution in [-0.2, 0) is 6.42 Å². The minimum absolute atomic E-state index is 0.0488. The Kier molecular flexibility index (Phi) is 4.35. The van der Waals surface area contributed by atoms with Crippen molar-refractivity contribution in [1.82, 2.24) is 5.43 Å². The molecule has 0 heterocycles. The molecule has 2 nitrogen and oxygen atoms in total. The number of hydrogen-bond acceptors (Lipinski definition) is 2. The summed E-state index contributed by atoms with van der Waals surface area (Å²) in [6.07, 6.45) is 1.04. The van der Waals surface area contributed by atoms with Gasteiger partial charge in [-0.3, -0.25) is 5.84 Å². The summed E-state index contributed by atoms with van der Waals surface area (Å²) >= 11 is 0. The van der Waals surface area contributed by atoms with E-state index < -0.39 is 0 Å². The Morgan fingerprint density at radius 3 is 2.26 bits per heavy atom. The van der Waals surface area contributed by atoms with Crippen molar-refractivity contribution < 1.29 is 0 Å². The van der Waals surface area contributed by atoms with E-state index in [4.69, 9.17) is 5.84 Å². The molecule has 0 spiro atoms. The molecule has 1 unspecified atom stereocenters. The third kappa shape index (κ3) is 2.86. The van der Waals surface area contributed by atoms with Gasteiger partial charge in [0.2, 0.25) is 0 Å². The number of rotatable bonds is 4. The van der Waals surface area contributed by atoms with Gasteiger partial charge in [-0.25, -0.2) is 5.43 Å².